The van der Waals surface area contributed by atoms with E-state index in [1.165, 1.54) is 25.6 Å². The Hall–Kier alpha value is -1.10. The van der Waals surface area contributed by atoms with Gasteiger partial charge in [-0.1, -0.05) is 0 Å². The Morgan fingerprint density at radius 1 is 1.58 bits per heavy atom. The van der Waals surface area contributed by atoms with Gasteiger partial charge in [-0.3, -0.25) is 4.98 Å². The van der Waals surface area contributed by atoms with Crippen LogP contribution in [0.1, 0.15) is 10.4 Å². The summed E-state index contributed by atoms with van der Waals surface area (Å²) in [7, 11) is 1.50. The fraction of sp³-hybridized carbons (Fsp3) is 0.143. The maximum atomic E-state index is 10.9. The minimum absolute atomic E-state index is 0.339. The zero-order valence-electron chi connectivity index (χ0n) is 6.28. The van der Waals surface area contributed by atoms with E-state index in [0.29, 0.717) is 11.3 Å². The lowest BCUT2D eigenvalue weighted by Gasteiger charge is -1.99. The van der Waals surface area contributed by atoms with E-state index in [2.05, 4.69) is 25.1 Å². The third kappa shape index (κ3) is 1.94. The Kier molecular flexibility index (Phi) is 3.04. The summed E-state index contributed by atoms with van der Waals surface area (Å²) < 4.78 is 9.18. The van der Waals surface area contributed by atoms with Gasteiger partial charge in [-0.05, 0) is 6.07 Å². The zero-order valence-corrected chi connectivity index (χ0v) is 7.87. The predicted octanol–water partition coefficient (Wildman–Crippen LogP) is 1.56. The van der Waals surface area contributed by atoms with Gasteiger partial charge in [-0.15, -0.1) is 0 Å². The third-order valence-electron chi connectivity index (χ3n) is 1.25. The highest BCUT2D eigenvalue weighted by atomic mass is 79.9. The molecular formula is C7H6BrNO3. The fourth-order valence-corrected chi connectivity index (χ4v) is 0.874. The number of carbonyl (C=O) groups excluding carboxylic acids is 1. The minimum Gasteiger partial charge on any atom is -0.495 e. The van der Waals surface area contributed by atoms with Gasteiger partial charge in [0.1, 0.15) is 5.75 Å². The molecule has 0 saturated carbocycles. The van der Waals surface area contributed by atoms with Gasteiger partial charge in [-0.2, -0.15) is 0 Å². The number of carbonyl (C=O) groups is 1. The highest BCUT2D eigenvalue weighted by molar-refractivity contribution is 9.06. The summed E-state index contributed by atoms with van der Waals surface area (Å²) in [5.41, 5.74) is 0.339. The first-order valence-corrected chi connectivity index (χ1v) is 3.74. The van der Waals surface area contributed by atoms with Gasteiger partial charge < -0.3 is 8.57 Å². The molecule has 1 aromatic rings. The molecule has 0 amide bonds. The van der Waals surface area contributed by atoms with Crippen LogP contribution in [0, 0.1) is 0 Å². The first kappa shape index (κ1) is 8.99. The van der Waals surface area contributed by atoms with Gasteiger partial charge in [0.2, 0.25) is 0 Å². The minimum atomic E-state index is -0.499. The van der Waals surface area contributed by atoms with Crippen molar-refractivity contribution in [2.45, 2.75) is 0 Å². The van der Waals surface area contributed by atoms with E-state index >= 15 is 0 Å². The number of ether oxygens (including phenoxy) is 1. The molecule has 1 heterocycles. The average molecular weight is 232 g/mol. The molecule has 0 aliphatic carbocycles. The molecule has 0 saturated heterocycles. The number of rotatable bonds is 2. The molecule has 0 bridgehead atoms. The summed E-state index contributed by atoms with van der Waals surface area (Å²) in [6.45, 7) is 0. The van der Waals surface area contributed by atoms with E-state index in [-0.39, 0.29) is 0 Å². The van der Waals surface area contributed by atoms with E-state index in [4.69, 9.17) is 4.74 Å². The maximum Gasteiger partial charge on any atom is 0.351 e. The van der Waals surface area contributed by atoms with Crippen LogP contribution in [0.15, 0.2) is 18.5 Å². The largest absolute Gasteiger partial charge is 0.495 e. The SMILES string of the molecule is COc1cncc(C(=O)OBr)c1. The van der Waals surface area contributed by atoms with Gasteiger partial charge in [0.15, 0.2) is 16.3 Å². The van der Waals surface area contributed by atoms with Crippen LogP contribution in [0.2, 0.25) is 0 Å². The molecule has 64 valence electrons. The summed E-state index contributed by atoms with van der Waals surface area (Å²) in [5.74, 6) is 0.0202. The monoisotopic (exact) mass is 231 g/mol. The molecule has 1 rings (SSSR count). The van der Waals surface area contributed by atoms with Gasteiger partial charge >= 0.3 is 5.97 Å². The molecular weight excluding hydrogens is 226 g/mol. The van der Waals surface area contributed by atoms with Gasteiger partial charge in [-0.25, -0.2) is 4.79 Å². The van der Waals surface area contributed by atoms with Gasteiger partial charge in [0, 0.05) is 6.20 Å². The molecule has 12 heavy (non-hydrogen) atoms. The maximum absolute atomic E-state index is 10.9. The van der Waals surface area contributed by atoms with Crippen molar-refractivity contribution in [3.8, 4) is 5.75 Å². The van der Waals surface area contributed by atoms with Crippen LogP contribution in [0.5, 0.6) is 5.75 Å². The Bertz CT molecular complexity index is 290. The van der Waals surface area contributed by atoms with Crippen molar-refractivity contribution in [2.24, 2.45) is 0 Å². The Morgan fingerprint density at radius 2 is 2.33 bits per heavy atom. The van der Waals surface area contributed by atoms with Crippen molar-refractivity contribution < 1.29 is 13.4 Å². The topological polar surface area (TPSA) is 48.4 Å². The van der Waals surface area contributed by atoms with Crippen molar-refractivity contribution in [3.05, 3.63) is 24.0 Å². The zero-order chi connectivity index (χ0) is 8.97. The third-order valence-corrected chi connectivity index (χ3v) is 1.55. The lowest BCUT2D eigenvalue weighted by Crippen LogP contribution is -1.98. The molecule has 0 radical (unpaired) electrons. The standard InChI is InChI=1S/C7H6BrNO3/c1-11-6-2-5(3-9-4-6)7(10)12-8/h2-4H,1H3. The number of aromatic nitrogens is 1. The second-order valence-corrected chi connectivity index (χ2v) is 2.30. The van der Waals surface area contributed by atoms with Crippen molar-refractivity contribution in [1.29, 1.82) is 0 Å². The summed E-state index contributed by atoms with van der Waals surface area (Å²) in [6.07, 6.45) is 2.90. The van der Waals surface area contributed by atoms with E-state index in [1.807, 2.05) is 0 Å². The smallest absolute Gasteiger partial charge is 0.351 e. The van der Waals surface area contributed by atoms with Crippen LogP contribution in [0.3, 0.4) is 0 Å². The van der Waals surface area contributed by atoms with E-state index in [9.17, 15) is 4.79 Å². The first-order chi connectivity index (χ1) is 5.77. The van der Waals surface area contributed by atoms with Crippen LogP contribution >= 0.6 is 16.3 Å². The van der Waals surface area contributed by atoms with Crippen molar-refractivity contribution in [2.75, 3.05) is 7.11 Å². The summed E-state index contributed by atoms with van der Waals surface area (Å²) >= 11 is 2.58. The van der Waals surface area contributed by atoms with Crippen molar-refractivity contribution in [3.63, 3.8) is 0 Å². The second kappa shape index (κ2) is 4.06. The van der Waals surface area contributed by atoms with Crippen molar-refractivity contribution >= 4 is 22.2 Å². The van der Waals surface area contributed by atoms with Crippen molar-refractivity contribution in [1.82, 2.24) is 4.98 Å². The molecule has 0 N–H and O–H groups in total. The fourth-order valence-electron chi connectivity index (χ4n) is 0.687. The number of pyridine rings is 1. The highest BCUT2D eigenvalue weighted by Crippen LogP contribution is 2.11. The molecule has 0 aliphatic rings. The van der Waals surface area contributed by atoms with E-state index in [1.54, 1.807) is 0 Å². The Labute approximate surface area is 78.0 Å². The number of hydrogen-bond donors (Lipinski definition) is 0. The van der Waals surface area contributed by atoms with Gasteiger partial charge in [0.25, 0.3) is 0 Å². The van der Waals surface area contributed by atoms with E-state index < -0.39 is 5.97 Å². The second-order valence-electron chi connectivity index (χ2n) is 1.98. The number of hydrogen-bond acceptors (Lipinski definition) is 4. The number of halogens is 1. The molecule has 4 nitrogen and oxygen atoms in total. The lowest BCUT2D eigenvalue weighted by molar-refractivity contribution is 0.0781. The predicted molar refractivity (Wildman–Crippen MR) is 45.1 cm³/mol. The van der Waals surface area contributed by atoms with E-state index in [0.717, 1.165) is 0 Å². The molecule has 0 spiro atoms. The van der Waals surface area contributed by atoms with Gasteiger partial charge in [0.05, 0.1) is 18.9 Å². The van der Waals surface area contributed by atoms with Crippen LogP contribution in [-0.2, 0) is 3.83 Å². The van der Waals surface area contributed by atoms with Crippen LogP contribution in [0.4, 0.5) is 0 Å². The first-order valence-electron chi connectivity index (χ1n) is 3.10. The Balaban J connectivity index is 2.93. The summed E-state index contributed by atoms with van der Waals surface area (Å²) in [5, 5.41) is 0. The molecule has 0 unspecified atom stereocenters. The molecule has 0 fully saturated rings. The van der Waals surface area contributed by atoms with Crippen LogP contribution < -0.4 is 4.74 Å². The summed E-state index contributed by atoms with van der Waals surface area (Å²) in [6, 6.07) is 1.54. The number of methoxy groups -OCH3 is 1. The average Bonchev–Trinajstić information content (AvgIpc) is 2.17. The van der Waals surface area contributed by atoms with Crippen LogP contribution in [0.25, 0.3) is 0 Å². The lowest BCUT2D eigenvalue weighted by atomic mass is 10.3. The highest BCUT2D eigenvalue weighted by Gasteiger charge is 2.06. The molecule has 0 aromatic carbocycles. The summed E-state index contributed by atoms with van der Waals surface area (Å²) in [4.78, 5) is 14.7. The quantitative estimate of drug-likeness (QED) is 0.776. The molecule has 5 heteroatoms. The normalized spacial score (nSPS) is 9.17. The number of nitrogens with zero attached hydrogens (tertiary/aromatic N) is 1. The van der Waals surface area contributed by atoms with Crippen LogP contribution in [-0.4, -0.2) is 18.1 Å². The molecule has 0 aliphatic heterocycles. The Morgan fingerprint density at radius 3 is 2.92 bits per heavy atom. The molecule has 0 atom stereocenters. The molecule has 1 aromatic heterocycles.